The van der Waals surface area contributed by atoms with Crippen molar-refractivity contribution in [1.82, 2.24) is 10.3 Å². The van der Waals surface area contributed by atoms with E-state index in [9.17, 15) is 4.39 Å². The minimum absolute atomic E-state index is 0.0885. The van der Waals surface area contributed by atoms with Crippen molar-refractivity contribution in [3.63, 3.8) is 0 Å². The second kappa shape index (κ2) is 5.71. The van der Waals surface area contributed by atoms with Gasteiger partial charge in [-0.3, -0.25) is 0 Å². The Balaban J connectivity index is 1.81. The number of hydrogen-bond acceptors (Lipinski definition) is 4. The summed E-state index contributed by atoms with van der Waals surface area (Å²) in [6, 6.07) is 0. The normalized spacial score (nSPS) is 18.7. The lowest BCUT2D eigenvalue weighted by Gasteiger charge is -2.13. The molecule has 1 aliphatic carbocycles. The number of dihydropyridines is 1. The molecule has 0 unspecified atom stereocenters. The molecule has 1 aromatic rings. The lowest BCUT2D eigenvalue weighted by atomic mass is 10.0. The van der Waals surface area contributed by atoms with E-state index in [0.29, 0.717) is 18.7 Å². The van der Waals surface area contributed by atoms with Gasteiger partial charge in [-0.2, -0.15) is 0 Å². The van der Waals surface area contributed by atoms with Crippen LogP contribution < -0.4 is 5.32 Å². The van der Waals surface area contributed by atoms with Crippen molar-refractivity contribution in [2.75, 3.05) is 12.8 Å². The van der Waals surface area contributed by atoms with Gasteiger partial charge in [0, 0.05) is 24.1 Å². The highest BCUT2D eigenvalue weighted by molar-refractivity contribution is 8.02. The van der Waals surface area contributed by atoms with Gasteiger partial charge in [0.2, 0.25) is 5.89 Å². The fourth-order valence-electron chi connectivity index (χ4n) is 2.15. The maximum atomic E-state index is 13.0. The Labute approximate surface area is 121 Å². The number of thioether (sulfide) groups is 1. The molecule has 0 saturated carbocycles. The van der Waals surface area contributed by atoms with Crippen LogP contribution in [-0.2, 0) is 0 Å². The SMILES string of the molecule is CSC1=CC=C(c2coc(C3=CC=C(F)CC3)n2)CN1. The molecule has 20 heavy (non-hydrogen) atoms. The summed E-state index contributed by atoms with van der Waals surface area (Å²) in [7, 11) is 0. The monoisotopic (exact) mass is 290 g/mol. The van der Waals surface area contributed by atoms with Crippen LogP contribution in [0, 0.1) is 0 Å². The third kappa shape index (κ3) is 2.72. The maximum absolute atomic E-state index is 13.0. The molecule has 3 rings (SSSR count). The first-order chi connectivity index (χ1) is 9.76. The lowest BCUT2D eigenvalue weighted by molar-refractivity contribution is 0.533. The quantitative estimate of drug-likeness (QED) is 0.916. The van der Waals surface area contributed by atoms with E-state index in [1.165, 1.54) is 6.08 Å². The van der Waals surface area contributed by atoms with Crippen molar-refractivity contribution >= 4 is 22.9 Å². The average molecular weight is 290 g/mol. The van der Waals surface area contributed by atoms with Crippen molar-refractivity contribution in [2.45, 2.75) is 12.8 Å². The Kier molecular flexibility index (Phi) is 3.78. The van der Waals surface area contributed by atoms with Gasteiger partial charge in [0.15, 0.2) is 0 Å². The number of rotatable bonds is 3. The zero-order valence-corrected chi connectivity index (χ0v) is 12.0. The van der Waals surface area contributed by atoms with Gasteiger partial charge in [0.25, 0.3) is 0 Å². The first kappa shape index (κ1) is 13.2. The summed E-state index contributed by atoms with van der Waals surface area (Å²) in [4.78, 5) is 4.50. The third-order valence-electron chi connectivity index (χ3n) is 3.32. The molecule has 0 atom stereocenters. The molecular weight excluding hydrogens is 275 g/mol. The van der Waals surface area contributed by atoms with Gasteiger partial charge in [-0.1, -0.05) is 12.2 Å². The highest BCUT2D eigenvalue weighted by Gasteiger charge is 2.16. The first-order valence-electron chi connectivity index (χ1n) is 6.46. The highest BCUT2D eigenvalue weighted by atomic mass is 32.2. The first-order valence-corrected chi connectivity index (χ1v) is 7.69. The van der Waals surface area contributed by atoms with Crippen LogP contribution >= 0.6 is 11.8 Å². The molecule has 0 fully saturated rings. The summed E-state index contributed by atoms with van der Waals surface area (Å²) in [5, 5.41) is 4.46. The van der Waals surface area contributed by atoms with Gasteiger partial charge in [-0.25, -0.2) is 9.37 Å². The number of nitrogens with zero attached hydrogens (tertiary/aromatic N) is 1. The average Bonchev–Trinajstić information content (AvgIpc) is 2.98. The molecule has 0 radical (unpaired) electrons. The second-order valence-electron chi connectivity index (χ2n) is 4.62. The van der Waals surface area contributed by atoms with Crippen molar-refractivity contribution in [3.8, 4) is 0 Å². The lowest BCUT2D eigenvalue weighted by Crippen LogP contribution is -2.17. The van der Waals surface area contributed by atoms with Gasteiger partial charge in [0.05, 0.1) is 5.03 Å². The van der Waals surface area contributed by atoms with Gasteiger partial charge in [0.1, 0.15) is 17.8 Å². The highest BCUT2D eigenvalue weighted by Crippen LogP contribution is 2.28. The largest absolute Gasteiger partial charge is 0.444 e. The number of allylic oxidation sites excluding steroid dienone is 6. The Bertz CT molecular complexity index is 640. The van der Waals surface area contributed by atoms with Crippen LogP contribution in [0.25, 0.3) is 11.1 Å². The predicted octanol–water partition coefficient (Wildman–Crippen LogP) is 3.90. The topological polar surface area (TPSA) is 38.1 Å². The molecule has 0 amide bonds. The van der Waals surface area contributed by atoms with Crippen LogP contribution in [0.15, 0.2) is 45.8 Å². The van der Waals surface area contributed by atoms with Crippen LogP contribution in [0.5, 0.6) is 0 Å². The van der Waals surface area contributed by atoms with Gasteiger partial charge >= 0.3 is 0 Å². The molecule has 0 bridgehead atoms. The Morgan fingerprint density at radius 3 is 2.70 bits per heavy atom. The summed E-state index contributed by atoms with van der Waals surface area (Å²) in [6.07, 6.45) is 12.1. The second-order valence-corrected chi connectivity index (χ2v) is 5.47. The van der Waals surface area contributed by atoms with E-state index < -0.39 is 0 Å². The number of oxazole rings is 1. The van der Waals surface area contributed by atoms with E-state index in [1.807, 2.05) is 12.3 Å². The minimum atomic E-state index is -0.0885. The molecule has 0 saturated heterocycles. The van der Waals surface area contributed by atoms with Gasteiger partial charge in [-0.15, -0.1) is 11.8 Å². The molecule has 2 heterocycles. The molecule has 0 aromatic carbocycles. The van der Waals surface area contributed by atoms with E-state index in [4.69, 9.17) is 4.42 Å². The molecular formula is C15H15FN2OS. The molecule has 1 N–H and O–H groups in total. The van der Waals surface area contributed by atoms with Crippen molar-refractivity contribution in [3.05, 3.63) is 53.0 Å². The summed E-state index contributed by atoms with van der Waals surface area (Å²) in [6.45, 7) is 0.742. The smallest absolute Gasteiger partial charge is 0.222 e. The number of halogens is 1. The summed E-state index contributed by atoms with van der Waals surface area (Å²) >= 11 is 1.68. The molecule has 3 nitrogen and oxygen atoms in total. The van der Waals surface area contributed by atoms with E-state index in [2.05, 4.69) is 16.4 Å². The van der Waals surface area contributed by atoms with E-state index in [0.717, 1.165) is 28.4 Å². The van der Waals surface area contributed by atoms with Crippen molar-refractivity contribution in [2.24, 2.45) is 0 Å². The van der Waals surface area contributed by atoms with Crippen molar-refractivity contribution < 1.29 is 8.81 Å². The fraction of sp³-hybridized carbons (Fsp3) is 0.267. The van der Waals surface area contributed by atoms with Gasteiger partial charge < -0.3 is 9.73 Å². The van der Waals surface area contributed by atoms with E-state index in [1.54, 1.807) is 24.1 Å². The molecule has 2 aliphatic rings. The summed E-state index contributed by atoms with van der Waals surface area (Å²) < 4.78 is 18.5. The van der Waals surface area contributed by atoms with E-state index in [-0.39, 0.29) is 5.83 Å². The number of aromatic nitrogens is 1. The summed E-state index contributed by atoms with van der Waals surface area (Å²) in [5.74, 6) is 0.499. The maximum Gasteiger partial charge on any atom is 0.222 e. The molecule has 1 aliphatic heterocycles. The molecule has 0 spiro atoms. The van der Waals surface area contributed by atoms with Crippen molar-refractivity contribution in [1.29, 1.82) is 0 Å². The van der Waals surface area contributed by atoms with Gasteiger partial charge in [-0.05, 0) is 24.8 Å². The van der Waals surface area contributed by atoms with Crippen LogP contribution in [0.3, 0.4) is 0 Å². The number of nitrogens with one attached hydrogen (secondary N) is 1. The predicted molar refractivity (Wildman–Crippen MR) is 80.5 cm³/mol. The summed E-state index contributed by atoms with van der Waals surface area (Å²) in [5.41, 5.74) is 2.87. The zero-order chi connectivity index (χ0) is 13.9. The Morgan fingerprint density at radius 2 is 2.05 bits per heavy atom. The Hall–Kier alpha value is -1.75. The fourth-order valence-corrected chi connectivity index (χ4v) is 2.57. The third-order valence-corrected chi connectivity index (χ3v) is 4.04. The minimum Gasteiger partial charge on any atom is -0.444 e. The Morgan fingerprint density at radius 1 is 1.20 bits per heavy atom. The van der Waals surface area contributed by atoms with Crippen LogP contribution in [0.1, 0.15) is 24.4 Å². The van der Waals surface area contributed by atoms with Crippen LogP contribution in [-0.4, -0.2) is 17.8 Å². The standard InChI is InChI=1S/C15H15FN2OS/c1-20-14-7-4-11(8-17-14)13-9-19-15(18-13)10-2-5-12(16)6-3-10/h2,4-5,7,9,17H,3,6,8H2,1H3. The molecule has 1 aromatic heterocycles. The molecule has 5 heteroatoms. The zero-order valence-electron chi connectivity index (χ0n) is 11.1. The molecule has 104 valence electrons. The van der Waals surface area contributed by atoms with E-state index >= 15 is 0 Å². The van der Waals surface area contributed by atoms with Crippen LogP contribution in [0.2, 0.25) is 0 Å². The van der Waals surface area contributed by atoms with Crippen LogP contribution in [0.4, 0.5) is 4.39 Å². The number of hydrogen-bond donors (Lipinski definition) is 1.